The van der Waals surface area contributed by atoms with E-state index < -0.39 is 9.84 Å². The summed E-state index contributed by atoms with van der Waals surface area (Å²) in [5.74, 6) is 1.37. The lowest BCUT2D eigenvalue weighted by atomic mass is 10.1. The zero-order chi connectivity index (χ0) is 19.4. The quantitative estimate of drug-likeness (QED) is 0.781. The van der Waals surface area contributed by atoms with E-state index in [-0.39, 0.29) is 23.4 Å². The van der Waals surface area contributed by atoms with Gasteiger partial charge < -0.3 is 10.2 Å². The number of halogens is 1. The van der Waals surface area contributed by atoms with E-state index in [0.717, 1.165) is 11.5 Å². The van der Waals surface area contributed by atoms with Gasteiger partial charge in [0, 0.05) is 30.9 Å². The van der Waals surface area contributed by atoms with Crippen LogP contribution in [-0.4, -0.2) is 49.0 Å². The van der Waals surface area contributed by atoms with Gasteiger partial charge in [0.05, 0.1) is 11.5 Å². The number of nitrogens with zero attached hydrogens (tertiary/aromatic N) is 3. The van der Waals surface area contributed by atoms with Crippen LogP contribution >= 0.6 is 0 Å². The first-order chi connectivity index (χ1) is 12.9. The first-order valence-corrected chi connectivity index (χ1v) is 11.0. The summed E-state index contributed by atoms with van der Waals surface area (Å²) in [6.45, 7) is 5.05. The van der Waals surface area contributed by atoms with Crippen LogP contribution in [0.3, 0.4) is 0 Å². The second kappa shape index (κ2) is 8.21. The van der Waals surface area contributed by atoms with Crippen molar-refractivity contribution in [2.45, 2.75) is 32.7 Å². The average Bonchev–Trinajstić information content (AvgIpc) is 2.96. The highest BCUT2D eigenvalue weighted by molar-refractivity contribution is 7.91. The van der Waals surface area contributed by atoms with Crippen LogP contribution in [0.15, 0.2) is 30.3 Å². The van der Waals surface area contributed by atoms with E-state index in [1.807, 2.05) is 30.9 Å². The fourth-order valence-corrected chi connectivity index (χ4v) is 5.15. The molecule has 0 bridgehead atoms. The van der Waals surface area contributed by atoms with Crippen molar-refractivity contribution in [3.05, 3.63) is 47.4 Å². The van der Waals surface area contributed by atoms with E-state index in [9.17, 15) is 12.8 Å². The molecule has 0 radical (unpaired) electrons. The molecule has 1 fully saturated rings. The fourth-order valence-electron chi connectivity index (χ4n) is 3.42. The fraction of sp³-hybridized carbons (Fsp3) is 0.474. The third-order valence-electron chi connectivity index (χ3n) is 4.76. The zero-order valence-corrected chi connectivity index (χ0v) is 16.5. The van der Waals surface area contributed by atoms with Gasteiger partial charge in [0.15, 0.2) is 9.84 Å². The topological polar surface area (TPSA) is 75.2 Å². The summed E-state index contributed by atoms with van der Waals surface area (Å²) in [5, 5.41) is 3.15. The molecule has 8 heteroatoms. The van der Waals surface area contributed by atoms with Crippen molar-refractivity contribution >= 4 is 21.6 Å². The number of sulfone groups is 1. The molecule has 1 saturated heterocycles. The number of nitrogens with one attached hydrogen (secondary N) is 1. The third kappa shape index (κ3) is 4.94. The Morgan fingerprint density at radius 2 is 2.07 bits per heavy atom. The van der Waals surface area contributed by atoms with Gasteiger partial charge in [0.2, 0.25) is 5.95 Å². The monoisotopic (exact) mass is 392 g/mol. The minimum Gasteiger partial charge on any atom is -0.354 e. The molecule has 2 heterocycles. The van der Waals surface area contributed by atoms with Gasteiger partial charge in [0.1, 0.15) is 11.6 Å². The highest BCUT2D eigenvalue weighted by atomic mass is 32.2. The number of hydrogen-bond acceptors (Lipinski definition) is 6. The molecule has 2 aromatic rings. The molecule has 0 saturated carbocycles. The Balaban J connectivity index is 1.70. The molecule has 1 aliphatic rings. The molecular weight excluding hydrogens is 367 g/mol. The van der Waals surface area contributed by atoms with Gasteiger partial charge >= 0.3 is 0 Å². The van der Waals surface area contributed by atoms with E-state index in [0.29, 0.717) is 37.4 Å². The summed E-state index contributed by atoms with van der Waals surface area (Å²) < 4.78 is 37.4. The van der Waals surface area contributed by atoms with Crippen LogP contribution in [-0.2, 0) is 16.3 Å². The molecule has 6 nitrogen and oxygen atoms in total. The van der Waals surface area contributed by atoms with E-state index in [2.05, 4.69) is 15.3 Å². The van der Waals surface area contributed by atoms with Gasteiger partial charge in [-0.05, 0) is 38.3 Å². The molecule has 0 amide bonds. The molecule has 0 aliphatic carbocycles. The largest absolute Gasteiger partial charge is 0.354 e. The zero-order valence-electron chi connectivity index (χ0n) is 15.7. The number of rotatable bonds is 7. The molecule has 27 heavy (non-hydrogen) atoms. The number of hydrogen-bond donors (Lipinski definition) is 1. The molecule has 1 aromatic heterocycles. The molecule has 1 aliphatic heterocycles. The SMILES string of the molecule is CCN(c1cc(C)nc(NCCc2ccccc2F)n1)C1CCS(=O)(=O)C1. The summed E-state index contributed by atoms with van der Waals surface area (Å²) in [6.07, 6.45) is 1.15. The van der Waals surface area contributed by atoms with Crippen molar-refractivity contribution < 1.29 is 12.8 Å². The summed E-state index contributed by atoms with van der Waals surface area (Å²) in [5.41, 5.74) is 1.44. The first-order valence-electron chi connectivity index (χ1n) is 9.18. The molecule has 1 unspecified atom stereocenters. The Morgan fingerprint density at radius 1 is 1.30 bits per heavy atom. The standard InChI is InChI=1S/C19H25FN4O2S/c1-3-24(16-9-11-27(25,26)13-16)18-12-14(2)22-19(23-18)21-10-8-15-6-4-5-7-17(15)20/h4-7,12,16H,3,8-11,13H2,1-2H3,(H,21,22,23). The van der Waals surface area contributed by atoms with Crippen molar-refractivity contribution in [3.63, 3.8) is 0 Å². The molecule has 1 N–H and O–H groups in total. The Labute approximate surface area is 159 Å². The van der Waals surface area contributed by atoms with E-state index >= 15 is 0 Å². The highest BCUT2D eigenvalue weighted by Crippen LogP contribution is 2.24. The Morgan fingerprint density at radius 3 is 2.74 bits per heavy atom. The Hall–Kier alpha value is -2.22. The highest BCUT2D eigenvalue weighted by Gasteiger charge is 2.32. The van der Waals surface area contributed by atoms with Crippen LogP contribution in [0.2, 0.25) is 0 Å². The van der Waals surface area contributed by atoms with E-state index in [4.69, 9.17) is 0 Å². The molecule has 3 rings (SSSR count). The third-order valence-corrected chi connectivity index (χ3v) is 6.51. The minimum atomic E-state index is -2.96. The number of anilines is 2. The second-order valence-electron chi connectivity index (χ2n) is 6.80. The van der Waals surface area contributed by atoms with Crippen LogP contribution < -0.4 is 10.2 Å². The van der Waals surface area contributed by atoms with Gasteiger partial charge in [-0.15, -0.1) is 0 Å². The van der Waals surface area contributed by atoms with Crippen molar-refractivity contribution in [1.29, 1.82) is 0 Å². The number of aryl methyl sites for hydroxylation is 1. The maximum Gasteiger partial charge on any atom is 0.224 e. The smallest absolute Gasteiger partial charge is 0.224 e. The second-order valence-corrected chi connectivity index (χ2v) is 9.03. The summed E-state index contributed by atoms with van der Waals surface area (Å²) >= 11 is 0. The number of aromatic nitrogens is 2. The molecule has 146 valence electrons. The minimum absolute atomic E-state index is 0.0550. The summed E-state index contributed by atoms with van der Waals surface area (Å²) in [6, 6.07) is 8.51. The van der Waals surface area contributed by atoms with Crippen LogP contribution in [0, 0.1) is 12.7 Å². The van der Waals surface area contributed by atoms with Gasteiger partial charge in [-0.2, -0.15) is 4.98 Å². The normalized spacial score (nSPS) is 18.4. The summed E-state index contributed by atoms with van der Waals surface area (Å²) in [4.78, 5) is 11.0. The lowest BCUT2D eigenvalue weighted by molar-refractivity contribution is 0.599. The maximum absolute atomic E-state index is 13.7. The van der Waals surface area contributed by atoms with Gasteiger partial charge in [-0.1, -0.05) is 18.2 Å². The molecule has 1 aromatic carbocycles. The van der Waals surface area contributed by atoms with Crippen LogP contribution in [0.5, 0.6) is 0 Å². The predicted molar refractivity (Wildman–Crippen MR) is 105 cm³/mol. The lowest BCUT2D eigenvalue weighted by Gasteiger charge is -2.28. The van der Waals surface area contributed by atoms with E-state index in [1.165, 1.54) is 6.07 Å². The average molecular weight is 393 g/mol. The maximum atomic E-state index is 13.7. The van der Waals surface area contributed by atoms with Crippen molar-refractivity contribution in [1.82, 2.24) is 9.97 Å². The van der Waals surface area contributed by atoms with Gasteiger partial charge in [-0.25, -0.2) is 17.8 Å². The lowest BCUT2D eigenvalue weighted by Crippen LogP contribution is -2.37. The van der Waals surface area contributed by atoms with Crippen LogP contribution in [0.4, 0.5) is 16.2 Å². The van der Waals surface area contributed by atoms with Crippen LogP contribution in [0.1, 0.15) is 24.6 Å². The van der Waals surface area contributed by atoms with Crippen molar-refractivity contribution in [2.75, 3.05) is 34.8 Å². The van der Waals surface area contributed by atoms with Crippen molar-refractivity contribution in [2.24, 2.45) is 0 Å². The molecule has 1 atom stereocenters. The molecule has 0 spiro atoms. The number of benzene rings is 1. The Bertz CT molecular complexity index is 904. The van der Waals surface area contributed by atoms with Crippen molar-refractivity contribution in [3.8, 4) is 0 Å². The first kappa shape index (κ1) is 19.5. The molecular formula is C19H25FN4O2S. The Kier molecular flexibility index (Phi) is 5.94. The summed E-state index contributed by atoms with van der Waals surface area (Å²) in [7, 11) is -2.96. The van der Waals surface area contributed by atoms with E-state index in [1.54, 1.807) is 12.1 Å². The van der Waals surface area contributed by atoms with Crippen LogP contribution in [0.25, 0.3) is 0 Å². The predicted octanol–water partition coefficient (Wildman–Crippen LogP) is 2.59. The van der Waals surface area contributed by atoms with Gasteiger partial charge in [-0.3, -0.25) is 0 Å². The van der Waals surface area contributed by atoms with Gasteiger partial charge in [0.25, 0.3) is 0 Å².